The molecule has 0 spiro atoms. The van der Waals surface area contributed by atoms with Crippen LogP contribution in [0.4, 0.5) is 0 Å². The Morgan fingerprint density at radius 1 is 1.35 bits per heavy atom. The first-order chi connectivity index (χ1) is 8.10. The molecule has 0 aliphatic carbocycles. The van der Waals surface area contributed by atoms with E-state index in [9.17, 15) is 9.59 Å². The van der Waals surface area contributed by atoms with Gasteiger partial charge in [-0.1, -0.05) is 12.1 Å². The molecule has 4 heteroatoms. The molecule has 0 N–H and O–H groups in total. The Balaban J connectivity index is 3.06. The number of esters is 1. The van der Waals surface area contributed by atoms with Gasteiger partial charge in [-0.05, 0) is 31.5 Å². The Bertz CT molecular complexity index is 412. The zero-order chi connectivity index (χ0) is 12.8. The van der Waals surface area contributed by atoms with E-state index in [1.165, 1.54) is 14.0 Å². The predicted octanol–water partition coefficient (Wildman–Crippen LogP) is 1.93. The van der Waals surface area contributed by atoms with Crippen molar-refractivity contribution in [1.82, 2.24) is 0 Å². The molecule has 1 aromatic rings. The Morgan fingerprint density at radius 2 is 2.06 bits per heavy atom. The van der Waals surface area contributed by atoms with E-state index in [4.69, 9.17) is 4.74 Å². The van der Waals surface area contributed by atoms with Gasteiger partial charge in [0.15, 0.2) is 0 Å². The average Bonchev–Trinajstić information content (AvgIpc) is 2.29. The lowest BCUT2D eigenvalue weighted by atomic mass is 9.95. The topological polar surface area (TPSA) is 52.6 Å². The van der Waals surface area contributed by atoms with Gasteiger partial charge in [0.05, 0.1) is 13.7 Å². The van der Waals surface area contributed by atoms with Gasteiger partial charge in [-0.3, -0.25) is 9.59 Å². The summed E-state index contributed by atoms with van der Waals surface area (Å²) in [6.07, 6.45) is 0. The first-order valence-electron chi connectivity index (χ1n) is 5.41. The van der Waals surface area contributed by atoms with Crippen molar-refractivity contribution >= 4 is 11.8 Å². The second-order valence-electron chi connectivity index (χ2n) is 3.57. The van der Waals surface area contributed by atoms with Gasteiger partial charge < -0.3 is 9.47 Å². The summed E-state index contributed by atoms with van der Waals surface area (Å²) < 4.78 is 9.95. The van der Waals surface area contributed by atoms with E-state index in [0.29, 0.717) is 17.9 Å². The predicted molar refractivity (Wildman–Crippen MR) is 63.0 cm³/mol. The Hall–Kier alpha value is -1.84. The van der Waals surface area contributed by atoms with Gasteiger partial charge in [-0.15, -0.1) is 0 Å². The quantitative estimate of drug-likeness (QED) is 0.579. The van der Waals surface area contributed by atoms with Crippen LogP contribution in [0.2, 0.25) is 0 Å². The van der Waals surface area contributed by atoms with E-state index in [0.717, 1.165) is 0 Å². The summed E-state index contributed by atoms with van der Waals surface area (Å²) in [4.78, 5) is 23.0. The molecule has 0 amide bonds. The van der Waals surface area contributed by atoms with Gasteiger partial charge in [0.25, 0.3) is 0 Å². The highest BCUT2D eigenvalue weighted by Gasteiger charge is 2.26. The SMILES string of the molecule is CCOc1cccc(C(C(C)=O)C(=O)OC)c1. The summed E-state index contributed by atoms with van der Waals surface area (Å²) in [5.41, 5.74) is 0.593. The molecule has 0 aliphatic heterocycles. The number of benzene rings is 1. The summed E-state index contributed by atoms with van der Waals surface area (Å²) in [7, 11) is 1.27. The van der Waals surface area contributed by atoms with E-state index < -0.39 is 11.9 Å². The number of carbonyl (C=O) groups is 2. The zero-order valence-corrected chi connectivity index (χ0v) is 10.2. The molecule has 4 nitrogen and oxygen atoms in total. The third kappa shape index (κ3) is 3.31. The summed E-state index contributed by atoms with van der Waals surface area (Å²) in [5.74, 6) is -1.03. The molecule has 0 aromatic heterocycles. The molecular formula is C13H16O4. The van der Waals surface area contributed by atoms with E-state index in [1.807, 2.05) is 6.92 Å². The average molecular weight is 236 g/mol. The molecule has 0 heterocycles. The lowest BCUT2D eigenvalue weighted by Crippen LogP contribution is -2.21. The molecular weight excluding hydrogens is 220 g/mol. The van der Waals surface area contributed by atoms with E-state index >= 15 is 0 Å². The second-order valence-corrected chi connectivity index (χ2v) is 3.57. The summed E-state index contributed by atoms with van der Waals surface area (Å²) in [5, 5.41) is 0. The van der Waals surface area contributed by atoms with Crippen molar-refractivity contribution in [3.8, 4) is 5.75 Å². The third-order valence-corrected chi connectivity index (χ3v) is 2.35. The monoisotopic (exact) mass is 236 g/mol. The number of methoxy groups -OCH3 is 1. The van der Waals surface area contributed by atoms with Gasteiger partial charge in [0.2, 0.25) is 0 Å². The molecule has 17 heavy (non-hydrogen) atoms. The maximum Gasteiger partial charge on any atom is 0.320 e. The molecule has 1 unspecified atom stereocenters. The van der Waals surface area contributed by atoms with Gasteiger partial charge >= 0.3 is 5.97 Å². The number of ether oxygens (including phenoxy) is 2. The number of hydrogen-bond acceptors (Lipinski definition) is 4. The van der Waals surface area contributed by atoms with E-state index in [-0.39, 0.29) is 5.78 Å². The summed E-state index contributed by atoms with van der Waals surface area (Å²) in [6.45, 7) is 3.77. The van der Waals surface area contributed by atoms with E-state index in [2.05, 4.69) is 4.74 Å². The van der Waals surface area contributed by atoms with Crippen molar-refractivity contribution in [3.05, 3.63) is 29.8 Å². The minimum atomic E-state index is -0.875. The Kier molecular flexibility index (Phi) is 4.69. The number of hydrogen-bond donors (Lipinski definition) is 0. The smallest absolute Gasteiger partial charge is 0.320 e. The molecule has 0 fully saturated rings. The third-order valence-electron chi connectivity index (χ3n) is 2.35. The summed E-state index contributed by atoms with van der Waals surface area (Å²) in [6, 6.07) is 6.93. The van der Waals surface area contributed by atoms with Crippen molar-refractivity contribution in [1.29, 1.82) is 0 Å². The van der Waals surface area contributed by atoms with Crippen LogP contribution in [0.3, 0.4) is 0 Å². The van der Waals surface area contributed by atoms with Crippen molar-refractivity contribution in [2.45, 2.75) is 19.8 Å². The lowest BCUT2D eigenvalue weighted by Gasteiger charge is -2.13. The van der Waals surface area contributed by atoms with Gasteiger partial charge in [0.1, 0.15) is 17.5 Å². The number of carbonyl (C=O) groups excluding carboxylic acids is 2. The maximum absolute atomic E-state index is 11.5. The van der Waals surface area contributed by atoms with Crippen LogP contribution in [0.1, 0.15) is 25.3 Å². The first kappa shape index (κ1) is 13.2. The standard InChI is InChI=1S/C13H16O4/c1-4-17-11-7-5-6-10(8-11)12(9(2)14)13(15)16-3/h5-8,12H,4H2,1-3H3. The van der Waals surface area contributed by atoms with Crippen LogP contribution in [-0.4, -0.2) is 25.5 Å². The van der Waals surface area contributed by atoms with Crippen molar-refractivity contribution in [3.63, 3.8) is 0 Å². The highest BCUT2D eigenvalue weighted by molar-refractivity contribution is 6.03. The van der Waals surface area contributed by atoms with Gasteiger partial charge in [0, 0.05) is 0 Å². The molecule has 92 valence electrons. The molecule has 0 saturated heterocycles. The molecule has 0 radical (unpaired) electrons. The molecule has 0 saturated carbocycles. The Morgan fingerprint density at radius 3 is 2.59 bits per heavy atom. The van der Waals surface area contributed by atoms with Crippen LogP contribution in [-0.2, 0) is 14.3 Å². The van der Waals surface area contributed by atoms with Crippen LogP contribution in [0.25, 0.3) is 0 Å². The maximum atomic E-state index is 11.5. The highest BCUT2D eigenvalue weighted by Crippen LogP contribution is 2.23. The minimum absolute atomic E-state index is 0.245. The molecule has 1 rings (SSSR count). The first-order valence-corrected chi connectivity index (χ1v) is 5.41. The van der Waals surface area contributed by atoms with Crippen LogP contribution >= 0.6 is 0 Å². The van der Waals surface area contributed by atoms with E-state index in [1.54, 1.807) is 24.3 Å². The number of Topliss-reactive ketones (excluding diaryl/α,β-unsaturated/α-hetero) is 1. The van der Waals surface area contributed by atoms with Gasteiger partial charge in [-0.2, -0.15) is 0 Å². The largest absolute Gasteiger partial charge is 0.494 e. The van der Waals surface area contributed by atoms with Crippen molar-refractivity contribution in [2.24, 2.45) is 0 Å². The summed E-state index contributed by atoms with van der Waals surface area (Å²) >= 11 is 0. The van der Waals surface area contributed by atoms with Crippen molar-refractivity contribution < 1.29 is 19.1 Å². The number of ketones is 1. The van der Waals surface area contributed by atoms with Crippen LogP contribution in [0.15, 0.2) is 24.3 Å². The fourth-order valence-corrected chi connectivity index (χ4v) is 1.61. The van der Waals surface area contributed by atoms with Crippen molar-refractivity contribution in [2.75, 3.05) is 13.7 Å². The normalized spacial score (nSPS) is 11.7. The molecule has 0 aliphatic rings. The van der Waals surface area contributed by atoms with Gasteiger partial charge in [-0.25, -0.2) is 0 Å². The molecule has 1 atom stereocenters. The molecule has 0 bridgehead atoms. The zero-order valence-electron chi connectivity index (χ0n) is 10.2. The fourth-order valence-electron chi connectivity index (χ4n) is 1.61. The minimum Gasteiger partial charge on any atom is -0.494 e. The number of rotatable bonds is 5. The highest BCUT2D eigenvalue weighted by atomic mass is 16.5. The molecule has 1 aromatic carbocycles. The lowest BCUT2D eigenvalue weighted by molar-refractivity contribution is -0.145. The van der Waals surface area contributed by atoms with Crippen LogP contribution in [0.5, 0.6) is 5.75 Å². The second kappa shape index (κ2) is 6.03. The van der Waals surface area contributed by atoms with Crippen LogP contribution in [0, 0.1) is 0 Å². The fraction of sp³-hybridized carbons (Fsp3) is 0.385. The Labute approximate surface area is 101 Å². The van der Waals surface area contributed by atoms with Crippen LogP contribution < -0.4 is 4.74 Å².